The zero-order valence-corrected chi connectivity index (χ0v) is 8.09. The third-order valence-corrected chi connectivity index (χ3v) is 1.39. The monoisotopic (exact) mass is 165 g/mol. The van der Waals surface area contributed by atoms with Crippen LogP contribution in [0.5, 0.6) is 0 Å². The molecule has 0 amide bonds. The summed E-state index contributed by atoms with van der Waals surface area (Å²) in [4.78, 5) is 14.3. The van der Waals surface area contributed by atoms with E-state index < -0.39 is 0 Å². The second-order valence-corrected chi connectivity index (χ2v) is 2.27. The molecule has 0 aliphatic rings. The van der Waals surface area contributed by atoms with Crippen molar-refractivity contribution in [1.29, 1.82) is 0 Å². The number of pyridine rings is 1. The Morgan fingerprint density at radius 3 is 2.25 bits per heavy atom. The molecule has 0 atom stereocenters. The van der Waals surface area contributed by atoms with Gasteiger partial charge in [-0.25, -0.2) is 0 Å². The van der Waals surface area contributed by atoms with Crippen LogP contribution in [0.25, 0.3) is 0 Å². The normalized spacial score (nSPS) is 8.33. The van der Waals surface area contributed by atoms with E-state index in [0.29, 0.717) is 5.69 Å². The van der Waals surface area contributed by atoms with Crippen molar-refractivity contribution in [2.75, 3.05) is 0 Å². The first-order valence-electron chi connectivity index (χ1n) is 4.13. The molecule has 1 rings (SSSR count). The fourth-order valence-corrected chi connectivity index (χ4v) is 0.766. The maximum absolute atomic E-state index is 10.3. The van der Waals surface area contributed by atoms with Gasteiger partial charge in [0.2, 0.25) is 0 Å². The minimum Gasteiger partial charge on any atom is -0.296 e. The van der Waals surface area contributed by atoms with Crippen molar-refractivity contribution in [2.24, 2.45) is 0 Å². The molecule has 0 saturated carbocycles. The number of hydrogen-bond acceptors (Lipinski definition) is 2. The smallest absolute Gasteiger partial charge is 0.168 e. The molecule has 0 N–H and O–H groups in total. The van der Waals surface area contributed by atoms with E-state index in [1.165, 1.54) is 0 Å². The highest BCUT2D eigenvalue weighted by atomic mass is 16.1. The molecule has 0 aromatic carbocycles. The zero-order valence-electron chi connectivity index (χ0n) is 8.09. The molecule has 1 aromatic rings. The van der Waals surface area contributed by atoms with Crippen LogP contribution in [0, 0.1) is 13.8 Å². The summed E-state index contributed by atoms with van der Waals surface area (Å²) in [7, 11) is 0. The summed E-state index contributed by atoms with van der Waals surface area (Å²) >= 11 is 0. The van der Waals surface area contributed by atoms with Gasteiger partial charge in [0.1, 0.15) is 5.69 Å². The number of rotatable bonds is 1. The van der Waals surface area contributed by atoms with Crippen molar-refractivity contribution >= 4 is 6.29 Å². The van der Waals surface area contributed by atoms with E-state index in [9.17, 15) is 4.79 Å². The van der Waals surface area contributed by atoms with Crippen LogP contribution >= 0.6 is 0 Å². The zero-order chi connectivity index (χ0) is 9.56. The summed E-state index contributed by atoms with van der Waals surface area (Å²) in [6.45, 7) is 7.74. The fraction of sp³-hybridized carbons (Fsp3) is 0.400. The standard InChI is InChI=1S/C8H9NO.C2H6/c1-6-3-4-7(2)9-8(6)5-10;1-2/h3-5H,1-2H3;1-2H3. The van der Waals surface area contributed by atoms with Crippen LogP contribution in [0.4, 0.5) is 0 Å². The van der Waals surface area contributed by atoms with E-state index >= 15 is 0 Å². The van der Waals surface area contributed by atoms with Gasteiger partial charge >= 0.3 is 0 Å². The summed E-state index contributed by atoms with van der Waals surface area (Å²) in [5.41, 5.74) is 2.35. The molecule has 0 saturated heterocycles. The summed E-state index contributed by atoms with van der Waals surface area (Å²) < 4.78 is 0. The van der Waals surface area contributed by atoms with E-state index in [-0.39, 0.29) is 0 Å². The van der Waals surface area contributed by atoms with Crippen molar-refractivity contribution in [3.05, 3.63) is 29.1 Å². The van der Waals surface area contributed by atoms with Crippen LogP contribution in [0.3, 0.4) is 0 Å². The first-order chi connectivity index (χ1) is 5.74. The number of aromatic nitrogens is 1. The molecule has 2 heteroatoms. The van der Waals surface area contributed by atoms with Gasteiger partial charge in [-0.1, -0.05) is 19.9 Å². The van der Waals surface area contributed by atoms with Crippen molar-refractivity contribution in [1.82, 2.24) is 4.98 Å². The molecule has 2 nitrogen and oxygen atoms in total. The Balaban J connectivity index is 0.000000561. The summed E-state index contributed by atoms with van der Waals surface area (Å²) in [6, 6.07) is 3.79. The van der Waals surface area contributed by atoms with Gasteiger partial charge < -0.3 is 0 Å². The Labute approximate surface area is 73.6 Å². The van der Waals surface area contributed by atoms with Crippen LogP contribution in [-0.2, 0) is 0 Å². The molecule has 0 bridgehead atoms. The number of nitrogens with zero attached hydrogens (tertiary/aromatic N) is 1. The summed E-state index contributed by atoms with van der Waals surface area (Å²) in [5.74, 6) is 0. The maximum Gasteiger partial charge on any atom is 0.168 e. The SMILES string of the molecule is CC.Cc1ccc(C)c(C=O)n1. The van der Waals surface area contributed by atoms with E-state index in [1.807, 2.05) is 39.8 Å². The molecule has 0 spiro atoms. The predicted octanol–water partition coefficient (Wildman–Crippen LogP) is 2.54. The quantitative estimate of drug-likeness (QED) is 0.598. The van der Waals surface area contributed by atoms with E-state index in [2.05, 4.69) is 4.98 Å². The lowest BCUT2D eigenvalue weighted by Crippen LogP contribution is -1.92. The van der Waals surface area contributed by atoms with Crippen molar-refractivity contribution in [2.45, 2.75) is 27.7 Å². The Morgan fingerprint density at radius 2 is 1.83 bits per heavy atom. The number of carbonyl (C=O) groups excluding carboxylic acids is 1. The molecule has 12 heavy (non-hydrogen) atoms. The van der Waals surface area contributed by atoms with E-state index in [4.69, 9.17) is 0 Å². The van der Waals surface area contributed by atoms with Crippen LogP contribution in [-0.4, -0.2) is 11.3 Å². The van der Waals surface area contributed by atoms with Gasteiger partial charge in [0, 0.05) is 5.69 Å². The Morgan fingerprint density at radius 1 is 1.25 bits per heavy atom. The second-order valence-electron chi connectivity index (χ2n) is 2.27. The molecule has 1 heterocycles. The van der Waals surface area contributed by atoms with Crippen molar-refractivity contribution in [3.63, 3.8) is 0 Å². The number of aryl methyl sites for hydroxylation is 2. The molecule has 0 unspecified atom stereocenters. The minimum atomic E-state index is 0.542. The van der Waals surface area contributed by atoms with Gasteiger partial charge in [-0.05, 0) is 25.5 Å². The highest BCUT2D eigenvalue weighted by Gasteiger charge is 1.95. The lowest BCUT2D eigenvalue weighted by Gasteiger charge is -1.96. The number of aldehydes is 1. The number of carbonyl (C=O) groups is 1. The van der Waals surface area contributed by atoms with Crippen molar-refractivity contribution in [3.8, 4) is 0 Å². The molecular formula is C10H15NO. The largest absolute Gasteiger partial charge is 0.296 e. The summed E-state index contributed by atoms with van der Waals surface area (Å²) in [5, 5.41) is 0. The lowest BCUT2D eigenvalue weighted by atomic mass is 10.2. The lowest BCUT2D eigenvalue weighted by molar-refractivity contribution is 0.111. The van der Waals surface area contributed by atoms with Crippen molar-refractivity contribution < 1.29 is 4.79 Å². The predicted molar refractivity (Wildman–Crippen MR) is 50.4 cm³/mol. The Hall–Kier alpha value is -1.18. The van der Waals surface area contributed by atoms with Gasteiger partial charge in [-0.15, -0.1) is 0 Å². The average Bonchev–Trinajstić information content (AvgIpc) is 2.13. The van der Waals surface area contributed by atoms with Crippen LogP contribution in [0.2, 0.25) is 0 Å². The molecule has 0 fully saturated rings. The average molecular weight is 165 g/mol. The van der Waals surface area contributed by atoms with E-state index in [1.54, 1.807) is 0 Å². The molecule has 0 aliphatic carbocycles. The third kappa shape index (κ3) is 2.82. The van der Waals surface area contributed by atoms with E-state index in [0.717, 1.165) is 17.5 Å². The minimum absolute atomic E-state index is 0.542. The molecular weight excluding hydrogens is 150 g/mol. The first-order valence-corrected chi connectivity index (χ1v) is 4.13. The Kier molecular flexibility index (Phi) is 4.93. The summed E-state index contributed by atoms with van der Waals surface area (Å²) in [6.07, 6.45) is 0.780. The fourth-order valence-electron chi connectivity index (χ4n) is 0.766. The van der Waals surface area contributed by atoms with Gasteiger partial charge in [0.25, 0.3) is 0 Å². The van der Waals surface area contributed by atoms with Crippen LogP contribution in [0.15, 0.2) is 12.1 Å². The second kappa shape index (κ2) is 5.47. The third-order valence-electron chi connectivity index (χ3n) is 1.39. The van der Waals surface area contributed by atoms with Gasteiger partial charge in [-0.2, -0.15) is 0 Å². The van der Waals surface area contributed by atoms with Gasteiger partial charge in [-0.3, -0.25) is 9.78 Å². The molecule has 1 aromatic heterocycles. The van der Waals surface area contributed by atoms with Gasteiger partial charge in [0.15, 0.2) is 6.29 Å². The first kappa shape index (κ1) is 10.8. The molecule has 0 aliphatic heterocycles. The highest BCUT2D eigenvalue weighted by Crippen LogP contribution is 2.02. The Bertz CT molecular complexity index is 256. The highest BCUT2D eigenvalue weighted by molar-refractivity contribution is 5.73. The molecule has 0 radical (unpaired) electrons. The topological polar surface area (TPSA) is 30.0 Å². The molecule has 66 valence electrons. The number of hydrogen-bond donors (Lipinski definition) is 0. The van der Waals surface area contributed by atoms with Crippen LogP contribution < -0.4 is 0 Å². The van der Waals surface area contributed by atoms with Gasteiger partial charge in [0.05, 0.1) is 0 Å². The van der Waals surface area contributed by atoms with Crippen LogP contribution in [0.1, 0.15) is 35.6 Å². The maximum atomic E-state index is 10.3.